The smallest absolute Gasteiger partial charge is 0.178 e. The first-order valence-corrected chi connectivity index (χ1v) is 6.74. The molecule has 2 N–H and O–H groups in total. The summed E-state index contributed by atoms with van der Waals surface area (Å²) < 4.78 is 23.0. The van der Waals surface area contributed by atoms with Gasteiger partial charge >= 0.3 is 0 Å². The minimum absolute atomic E-state index is 0.0108. The second-order valence-electron chi connectivity index (χ2n) is 3.49. The van der Waals surface area contributed by atoms with E-state index in [1.165, 1.54) is 0 Å². The van der Waals surface area contributed by atoms with Crippen LogP contribution in [-0.2, 0) is 9.84 Å². The third-order valence-corrected chi connectivity index (χ3v) is 4.24. The van der Waals surface area contributed by atoms with Crippen LogP contribution in [0.25, 0.3) is 0 Å². The van der Waals surface area contributed by atoms with Crippen molar-refractivity contribution in [3.05, 3.63) is 29.8 Å². The van der Waals surface area contributed by atoms with Gasteiger partial charge in [0, 0.05) is 6.04 Å². The second-order valence-corrected chi connectivity index (χ2v) is 5.77. The first-order chi connectivity index (χ1) is 7.01. The van der Waals surface area contributed by atoms with Crippen molar-refractivity contribution in [3.8, 4) is 0 Å². The van der Waals surface area contributed by atoms with Crippen molar-refractivity contribution in [2.45, 2.75) is 31.2 Å². The Bertz CT molecular complexity index is 409. The van der Waals surface area contributed by atoms with Gasteiger partial charge in [0.2, 0.25) is 0 Å². The van der Waals surface area contributed by atoms with Crippen molar-refractivity contribution in [2.75, 3.05) is 5.75 Å². The molecule has 1 unspecified atom stereocenters. The molecule has 0 spiro atoms. The number of sulfone groups is 1. The SMILES string of the molecule is CCC(N)c1ccc(S(=O)(=O)CC)cc1. The third kappa shape index (κ3) is 2.79. The molecule has 3 nitrogen and oxygen atoms in total. The molecule has 1 aromatic rings. The second kappa shape index (κ2) is 4.77. The summed E-state index contributed by atoms with van der Waals surface area (Å²) in [4.78, 5) is 0.372. The zero-order valence-electron chi connectivity index (χ0n) is 9.10. The molecular formula is C11H17NO2S. The van der Waals surface area contributed by atoms with E-state index in [4.69, 9.17) is 5.73 Å². The lowest BCUT2D eigenvalue weighted by molar-refractivity contribution is 0.597. The molecule has 15 heavy (non-hydrogen) atoms. The van der Waals surface area contributed by atoms with Crippen LogP contribution < -0.4 is 5.73 Å². The van der Waals surface area contributed by atoms with Gasteiger partial charge in [-0.15, -0.1) is 0 Å². The summed E-state index contributed by atoms with van der Waals surface area (Å²) in [7, 11) is -3.09. The maximum Gasteiger partial charge on any atom is 0.178 e. The lowest BCUT2D eigenvalue weighted by atomic mass is 10.1. The standard InChI is InChI=1S/C11H17NO2S/c1-3-11(12)9-5-7-10(8-6-9)15(13,14)4-2/h5-8,11H,3-4,12H2,1-2H3. The number of benzene rings is 1. The summed E-state index contributed by atoms with van der Waals surface area (Å²) in [6.45, 7) is 3.64. The monoisotopic (exact) mass is 227 g/mol. The van der Waals surface area contributed by atoms with E-state index < -0.39 is 9.84 Å². The van der Waals surface area contributed by atoms with Crippen LogP contribution in [0.4, 0.5) is 0 Å². The van der Waals surface area contributed by atoms with E-state index in [0.717, 1.165) is 12.0 Å². The van der Waals surface area contributed by atoms with E-state index in [1.54, 1.807) is 31.2 Å². The fourth-order valence-corrected chi connectivity index (χ4v) is 2.21. The van der Waals surface area contributed by atoms with E-state index in [1.807, 2.05) is 6.92 Å². The molecule has 0 radical (unpaired) electrons. The molecule has 0 aliphatic heterocycles. The van der Waals surface area contributed by atoms with Gasteiger partial charge in [0.25, 0.3) is 0 Å². The molecule has 1 aromatic carbocycles. The van der Waals surface area contributed by atoms with E-state index in [2.05, 4.69) is 0 Å². The van der Waals surface area contributed by atoms with Crippen molar-refractivity contribution < 1.29 is 8.42 Å². The normalized spacial score (nSPS) is 13.8. The van der Waals surface area contributed by atoms with Gasteiger partial charge in [0.15, 0.2) is 9.84 Å². The van der Waals surface area contributed by atoms with Crippen LogP contribution in [0, 0.1) is 0 Å². The summed E-state index contributed by atoms with van der Waals surface area (Å²) in [6.07, 6.45) is 0.847. The number of nitrogens with two attached hydrogens (primary N) is 1. The van der Waals surface area contributed by atoms with E-state index in [0.29, 0.717) is 4.90 Å². The fourth-order valence-electron chi connectivity index (χ4n) is 1.32. The van der Waals surface area contributed by atoms with Crippen LogP contribution in [-0.4, -0.2) is 14.2 Å². The fraction of sp³-hybridized carbons (Fsp3) is 0.455. The summed E-state index contributed by atoms with van der Waals surface area (Å²) in [5, 5.41) is 0. The molecule has 0 saturated heterocycles. The van der Waals surface area contributed by atoms with E-state index in [-0.39, 0.29) is 11.8 Å². The first-order valence-electron chi connectivity index (χ1n) is 5.09. The Hall–Kier alpha value is -0.870. The third-order valence-electron chi connectivity index (χ3n) is 2.49. The summed E-state index contributed by atoms with van der Waals surface area (Å²) in [5.41, 5.74) is 6.82. The summed E-state index contributed by atoms with van der Waals surface area (Å²) in [5.74, 6) is 0.131. The van der Waals surface area contributed by atoms with Crippen molar-refractivity contribution in [2.24, 2.45) is 5.73 Å². The lowest BCUT2D eigenvalue weighted by Gasteiger charge is -2.09. The van der Waals surface area contributed by atoms with Crippen LogP contribution in [0.2, 0.25) is 0 Å². The Labute approximate surface area is 91.2 Å². The van der Waals surface area contributed by atoms with Gasteiger partial charge in [-0.25, -0.2) is 8.42 Å². The molecule has 0 aromatic heterocycles. The minimum atomic E-state index is -3.09. The highest BCUT2D eigenvalue weighted by atomic mass is 32.2. The molecule has 0 fully saturated rings. The molecular weight excluding hydrogens is 210 g/mol. The van der Waals surface area contributed by atoms with Crippen molar-refractivity contribution in [3.63, 3.8) is 0 Å². The molecule has 0 saturated carbocycles. The van der Waals surface area contributed by atoms with Gasteiger partial charge in [-0.1, -0.05) is 26.0 Å². The predicted molar refractivity (Wildman–Crippen MR) is 61.4 cm³/mol. The molecule has 0 aliphatic carbocycles. The average Bonchev–Trinajstić information content (AvgIpc) is 2.28. The van der Waals surface area contributed by atoms with Crippen molar-refractivity contribution in [1.29, 1.82) is 0 Å². The molecule has 0 heterocycles. The Morgan fingerprint density at radius 3 is 2.13 bits per heavy atom. The minimum Gasteiger partial charge on any atom is -0.324 e. The maximum absolute atomic E-state index is 11.5. The topological polar surface area (TPSA) is 60.2 Å². The van der Waals surface area contributed by atoms with Crippen LogP contribution in [0.15, 0.2) is 29.2 Å². The van der Waals surface area contributed by atoms with Crippen LogP contribution in [0.3, 0.4) is 0 Å². The average molecular weight is 227 g/mol. The lowest BCUT2D eigenvalue weighted by Crippen LogP contribution is -2.09. The van der Waals surface area contributed by atoms with Crippen molar-refractivity contribution in [1.82, 2.24) is 0 Å². The first kappa shape index (κ1) is 12.2. The highest BCUT2D eigenvalue weighted by molar-refractivity contribution is 7.91. The van der Waals surface area contributed by atoms with Crippen LogP contribution >= 0.6 is 0 Å². The van der Waals surface area contributed by atoms with Gasteiger partial charge in [-0.3, -0.25) is 0 Å². The molecule has 1 atom stereocenters. The quantitative estimate of drug-likeness (QED) is 0.854. The van der Waals surface area contributed by atoms with Crippen molar-refractivity contribution >= 4 is 9.84 Å². The highest BCUT2D eigenvalue weighted by Crippen LogP contribution is 2.17. The molecule has 84 valence electrons. The summed E-state index contributed by atoms with van der Waals surface area (Å²) in [6, 6.07) is 6.82. The Morgan fingerprint density at radius 1 is 1.20 bits per heavy atom. The number of rotatable bonds is 4. The molecule has 0 amide bonds. The zero-order valence-corrected chi connectivity index (χ0v) is 9.92. The Balaban J connectivity index is 3.00. The van der Waals surface area contributed by atoms with E-state index in [9.17, 15) is 8.42 Å². The molecule has 0 bridgehead atoms. The molecule has 0 aliphatic rings. The highest BCUT2D eigenvalue weighted by Gasteiger charge is 2.11. The van der Waals surface area contributed by atoms with Gasteiger partial charge < -0.3 is 5.73 Å². The Morgan fingerprint density at radius 2 is 1.73 bits per heavy atom. The molecule has 4 heteroatoms. The predicted octanol–water partition coefficient (Wildman–Crippen LogP) is 1.89. The zero-order chi connectivity index (χ0) is 11.5. The van der Waals surface area contributed by atoms with Crippen LogP contribution in [0.5, 0.6) is 0 Å². The van der Waals surface area contributed by atoms with Gasteiger partial charge in [0.1, 0.15) is 0 Å². The maximum atomic E-state index is 11.5. The van der Waals surface area contributed by atoms with Gasteiger partial charge in [-0.2, -0.15) is 0 Å². The molecule has 1 rings (SSSR count). The van der Waals surface area contributed by atoms with Crippen LogP contribution in [0.1, 0.15) is 31.9 Å². The summed E-state index contributed by atoms with van der Waals surface area (Å²) >= 11 is 0. The Kier molecular flexibility index (Phi) is 3.88. The largest absolute Gasteiger partial charge is 0.324 e. The van der Waals surface area contributed by atoms with Gasteiger partial charge in [0.05, 0.1) is 10.6 Å². The van der Waals surface area contributed by atoms with E-state index >= 15 is 0 Å². The number of hydrogen-bond acceptors (Lipinski definition) is 3. The van der Waals surface area contributed by atoms with Gasteiger partial charge in [-0.05, 0) is 24.1 Å². The number of hydrogen-bond donors (Lipinski definition) is 1.